The van der Waals surface area contributed by atoms with Gasteiger partial charge in [-0.25, -0.2) is 24.3 Å². The van der Waals surface area contributed by atoms with E-state index in [1.165, 1.54) is 0 Å². The van der Waals surface area contributed by atoms with Gasteiger partial charge in [-0.1, -0.05) is 0 Å². The molecule has 2 aromatic carbocycles. The average molecular weight is 416 g/mol. The number of nitrogens with one attached hydrogen (secondary N) is 2. The number of hydrogen-bond donors (Lipinski definition) is 4. The van der Waals surface area contributed by atoms with Crippen LogP contribution < -0.4 is 22.3 Å². The van der Waals surface area contributed by atoms with Gasteiger partial charge in [-0.2, -0.15) is 34.5 Å². The molecule has 25 heavy (non-hydrogen) atoms. The maximum atomic E-state index is 5.21. The molecule has 0 saturated carbocycles. The zero-order valence-corrected chi connectivity index (χ0v) is 16.6. The minimum absolute atomic E-state index is 0. The molecule has 0 atom stereocenters. The summed E-state index contributed by atoms with van der Waals surface area (Å²) < 4.78 is 0. The first-order chi connectivity index (χ1) is 11.4. The Bertz CT molecular complexity index is 643. The number of hydrogen-bond acceptors (Lipinski definition) is 4. The van der Waals surface area contributed by atoms with Crippen molar-refractivity contribution < 1.29 is 17.1 Å². The summed E-state index contributed by atoms with van der Waals surface area (Å²) in [6.45, 7) is 3.78. The third-order valence-corrected chi connectivity index (χ3v) is 3.01. The van der Waals surface area contributed by atoms with Crippen LogP contribution in [0.4, 0.5) is 0 Å². The Morgan fingerprint density at radius 2 is 1.04 bits per heavy atom. The molecule has 0 aromatic heterocycles. The van der Waals surface area contributed by atoms with Crippen molar-refractivity contribution in [2.24, 2.45) is 21.7 Å². The van der Waals surface area contributed by atoms with Crippen molar-refractivity contribution in [3.63, 3.8) is 0 Å². The Morgan fingerprint density at radius 1 is 0.760 bits per heavy atom. The van der Waals surface area contributed by atoms with Crippen LogP contribution in [0.5, 0.6) is 0 Å². The van der Waals surface area contributed by atoms with Gasteiger partial charge in [0.25, 0.3) is 0 Å². The maximum absolute atomic E-state index is 5.21. The van der Waals surface area contributed by atoms with Crippen molar-refractivity contribution in [1.29, 1.82) is 0 Å². The van der Waals surface area contributed by atoms with Crippen molar-refractivity contribution in [2.75, 3.05) is 0 Å². The van der Waals surface area contributed by atoms with Gasteiger partial charge in [-0.3, -0.25) is 10.9 Å². The van der Waals surface area contributed by atoms with E-state index in [0.29, 0.717) is 0 Å². The zero-order valence-electron chi connectivity index (χ0n) is 13.8. The molecule has 0 saturated heterocycles. The predicted octanol–water partition coefficient (Wildman–Crippen LogP) is 1.92. The molecule has 0 aliphatic carbocycles. The minimum Gasteiger partial charge on any atom is -0.375 e. The van der Waals surface area contributed by atoms with Crippen LogP contribution in [-0.4, -0.2) is 21.6 Å². The van der Waals surface area contributed by atoms with E-state index >= 15 is 0 Å². The van der Waals surface area contributed by atoms with Crippen molar-refractivity contribution in [1.82, 2.24) is 10.9 Å². The molecule has 6 N–H and O–H groups in total. The fourth-order valence-corrected chi connectivity index (χ4v) is 1.73. The Kier molecular flexibility index (Phi) is 11.3. The van der Waals surface area contributed by atoms with E-state index in [1.54, 1.807) is 0 Å². The summed E-state index contributed by atoms with van der Waals surface area (Å²) in [5, 5.41) is 8.30. The molecule has 0 amide bonds. The second-order valence-corrected chi connectivity index (χ2v) is 5.57. The van der Waals surface area contributed by atoms with Crippen LogP contribution >= 0.6 is 24.4 Å². The Balaban J connectivity index is 0.000000443. The van der Waals surface area contributed by atoms with Gasteiger partial charge < -0.3 is 11.5 Å². The first-order valence-electron chi connectivity index (χ1n) is 7.03. The molecule has 6 nitrogen and oxygen atoms in total. The van der Waals surface area contributed by atoms with Crippen LogP contribution in [-0.2, 0) is 17.1 Å². The van der Waals surface area contributed by atoms with Crippen LogP contribution in [0.1, 0.15) is 25.0 Å². The summed E-state index contributed by atoms with van der Waals surface area (Å²) in [4.78, 5) is 0. The molecule has 0 fully saturated rings. The second kappa shape index (κ2) is 12.3. The molecular weight excluding hydrogens is 396 g/mol. The van der Waals surface area contributed by atoms with E-state index in [0.717, 1.165) is 22.6 Å². The number of hydrazone groups is 2. The first-order valence-corrected chi connectivity index (χ1v) is 7.85. The smallest absolute Gasteiger partial charge is 0.184 e. The van der Waals surface area contributed by atoms with E-state index in [2.05, 4.69) is 45.5 Å². The van der Waals surface area contributed by atoms with Gasteiger partial charge >= 0.3 is 0 Å². The zero-order chi connectivity index (χ0) is 17.9. The van der Waals surface area contributed by atoms with Crippen molar-refractivity contribution in [2.45, 2.75) is 13.8 Å². The average Bonchev–Trinajstić information content (AvgIpc) is 3.23. The summed E-state index contributed by atoms with van der Waals surface area (Å²) in [7, 11) is 0. The summed E-state index contributed by atoms with van der Waals surface area (Å²) in [6, 6.07) is 15.7. The van der Waals surface area contributed by atoms with E-state index in [-0.39, 0.29) is 27.3 Å². The molecular formula is C16H20FeN6S2-2. The molecule has 0 aliphatic rings. The Morgan fingerprint density at radius 3 is 1.28 bits per heavy atom. The van der Waals surface area contributed by atoms with Crippen molar-refractivity contribution in [3.8, 4) is 0 Å². The second-order valence-electron chi connectivity index (χ2n) is 4.69. The Labute approximate surface area is 168 Å². The van der Waals surface area contributed by atoms with Crippen LogP contribution in [0.25, 0.3) is 0 Å². The molecule has 0 radical (unpaired) electrons. The van der Waals surface area contributed by atoms with Crippen LogP contribution in [0.3, 0.4) is 0 Å². The van der Waals surface area contributed by atoms with Gasteiger partial charge in [-0.05, 0) is 38.3 Å². The SMILES string of the molecule is CC(=NNC(N)=S)[c-]1cccc1.CC(=NNC(N)=S)[c-]1cccc1.[Fe]. The molecule has 0 bridgehead atoms. The third-order valence-electron chi connectivity index (χ3n) is 2.83. The monoisotopic (exact) mass is 416 g/mol. The topological polar surface area (TPSA) is 101 Å². The number of nitrogens with two attached hydrogens (primary N) is 2. The van der Waals surface area contributed by atoms with Gasteiger partial charge in [0.1, 0.15) is 0 Å². The van der Waals surface area contributed by atoms with Crippen LogP contribution in [0.2, 0.25) is 0 Å². The van der Waals surface area contributed by atoms with Gasteiger partial charge in [0.15, 0.2) is 10.2 Å². The van der Waals surface area contributed by atoms with Gasteiger partial charge in [0.2, 0.25) is 0 Å². The minimum atomic E-state index is 0. The standard InChI is InChI=1S/2C8H10N3S.Fe/c2*1-6(10-11-8(9)12)7-4-2-3-5-7;/h2*2-5H,1H3,(H3,9,11,12);/q2*-1;. The molecule has 9 heteroatoms. The van der Waals surface area contributed by atoms with Crippen LogP contribution in [0, 0.1) is 0 Å². The maximum Gasteiger partial charge on any atom is 0.184 e. The van der Waals surface area contributed by atoms with Gasteiger partial charge in [0.05, 0.1) is 0 Å². The van der Waals surface area contributed by atoms with E-state index < -0.39 is 0 Å². The summed E-state index contributed by atoms with van der Waals surface area (Å²) in [5.74, 6) is 0. The summed E-state index contributed by atoms with van der Waals surface area (Å²) >= 11 is 9.21. The largest absolute Gasteiger partial charge is 0.375 e. The van der Waals surface area contributed by atoms with Crippen molar-refractivity contribution in [3.05, 3.63) is 59.7 Å². The summed E-state index contributed by atoms with van der Waals surface area (Å²) in [6.07, 6.45) is 0. The third kappa shape index (κ3) is 9.73. The normalized spacial score (nSPS) is 10.8. The molecule has 0 heterocycles. The van der Waals surface area contributed by atoms with Crippen molar-refractivity contribution >= 4 is 46.1 Å². The first kappa shape index (κ1) is 22.9. The quantitative estimate of drug-likeness (QED) is 0.200. The van der Waals surface area contributed by atoms with E-state index in [9.17, 15) is 0 Å². The number of nitrogens with zero attached hydrogens (tertiary/aromatic N) is 2. The molecule has 2 aromatic rings. The molecule has 136 valence electrons. The van der Waals surface area contributed by atoms with Gasteiger partial charge in [0, 0.05) is 28.5 Å². The summed E-state index contributed by atoms with van der Waals surface area (Å²) in [5.41, 5.74) is 19.3. The Hall–Kier alpha value is -2.06. The number of thiocarbonyl (C=S) groups is 2. The number of rotatable bonds is 4. The fourth-order valence-electron chi connectivity index (χ4n) is 1.64. The fraction of sp³-hybridized carbons (Fsp3) is 0.125. The van der Waals surface area contributed by atoms with Crippen LogP contribution in [0.15, 0.2) is 58.7 Å². The van der Waals surface area contributed by atoms with E-state index in [4.69, 9.17) is 11.5 Å². The molecule has 0 spiro atoms. The predicted molar refractivity (Wildman–Crippen MR) is 108 cm³/mol. The van der Waals surface area contributed by atoms with E-state index in [1.807, 2.05) is 62.4 Å². The molecule has 2 rings (SSSR count). The molecule has 0 unspecified atom stereocenters. The van der Waals surface area contributed by atoms with Gasteiger partial charge in [-0.15, -0.1) is 11.1 Å². The molecule has 0 aliphatic heterocycles.